The van der Waals surface area contributed by atoms with E-state index in [-0.39, 0.29) is 18.0 Å². The molecule has 1 aliphatic heterocycles. The van der Waals surface area contributed by atoms with E-state index in [0.717, 1.165) is 30.6 Å². The first-order valence-electron chi connectivity index (χ1n) is 5.41. The Morgan fingerprint density at radius 2 is 2.00 bits per heavy atom. The van der Waals surface area contributed by atoms with Crippen molar-refractivity contribution in [3.8, 4) is 0 Å². The molecule has 0 radical (unpaired) electrons. The fraction of sp³-hybridized carbons (Fsp3) is 0.800. The second kappa shape index (κ2) is 3.81. The number of piperazine rings is 1. The van der Waals surface area contributed by atoms with Crippen molar-refractivity contribution < 1.29 is 14.7 Å². The lowest BCUT2D eigenvalue weighted by Gasteiger charge is -2.44. The van der Waals surface area contributed by atoms with Crippen LogP contribution in [-0.4, -0.2) is 40.6 Å². The average molecular weight is 212 g/mol. The van der Waals surface area contributed by atoms with Gasteiger partial charge in [0.1, 0.15) is 0 Å². The van der Waals surface area contributed by atoms with E-state index in [1.165, 1.54) is 6.42 Å². The van der Waals surface area contributed by atoms with Crippen molar-refractivity contribution in [3.05, 3.63) is 0 Å². The van der Waals surface area contributed by atoms with Crippen molar-refractivity contribution in [1.82, 2.24) is 10.2 Å². The number of hydrogen-bond donors (Lipinski definition) is 2. The molecule has 1 aliphatic carbocycles. The molecule has 15 heavy (non-hydrogen) atoms. The Kier molecular flexibility index (Phi) is 2.65. The summed E-state index contributed by atoms with van der Waals surface area (Å²) in [4.78, 5) is 23.2. The molecule has 1 heterocycles. The lowest BCUT2D eigenvalue weighted by Crippen LogP contribution is -2.64. The highest BCUT2D eigenvalue weighted by atomic mass is 16.4. The number of hydrogen-bond acceptors (Lipinski definition) is 3. The fourth-order valence-corrected chi connectivity index (χ4v) is 2.54. The van der Waals surface area contributed by atoms with Crippen LogP contribution in [0, 0.1) is 0 Å². The Hall–Kier alpha value is -1.10. The average Bonchev–Trinajstić information content (AvgIpc) is 2.23. The second-order valence-electron chi connectivity index (χ2n) is 4.46. The van der Waals surface area contributed by atoms with Crippen LogP contribution in [0.5, 0.6) is 0 Å². The van der Waals surface area contributed by atoms with Crippen LogP contribution in [0.1, 0.15) is 32.1 Å². The third-order valence-electron chi connectivity index (χ3n) is 3.42. The van der Waals surface area contributed by atoms with Crippen LogP contribution in [0.3, 0.4) is 0 Å². The Balaban J connectivity index is 2.09. The molecule has 0 aromatic carbocycles. The Morgan fingerprint density at radius 1 is 1.33 bits per heavy atom. The Labute approximate surface area is 88.4 Å². The Bertz CT molecular complexity index is 284. The van der Waals surface area contributed by atoms with Crippen LogP contribution < -0.4 is 5.32 Å². The van der Waals surface area contributed by atoms with Gasteiger partial charge in [-0.2, -0.15) is 0 Å². The highest BCUT2D eigenvalue weighted by Crippen LogP contribution is 2.30. The number of imide groups is 1. The second-order valence-corrected chi connectivity index (χ2v) is 4.46. The van der Waals surface area contributed by atoms with Crippen molar-refractivity contribution in [2.75, 3.05) is 13.1 Å². The topological polar surface area (TPSA) is 69.6 Å². The van der Waals surface area contributed by atoms with Gasteiger partial charge < -0.3 is 10.4 Å². The summed E-state index contributed by atoms with van der Waals surface area (Å²) in [5.74, 6) is -0.335. The van der Waals surface area contributed by atoms with E-state index in [1.54, 1.807) is 0 Å². The maximum atomic E-state index is 11.3. The van der Waals surface area contributed by atoms with Crippen LogP contribution in [0.2, 0.25) is 0 Å². The van der Waals surface area contributed by atoms with Gasteiger partial charge in [-0.25, -0.2) is 9.69 Å². The van der Waals surface area contributed by atoms with Gasteiger partial charge in [0.25, 0.3) is 0 Å². The number of carbonyl (C=O) groups excluding carboxylic acids is 1. The summed E-state index contributed by atoms with van der Waals surface area (Å²) in [7, 11) is 0. The summed E-state index contributed by atoms with van der Waals surface area (Å²) in [5, 5.41) is 12.1. The van der Waals surface area contributed by atoms with Gasteiger partial charge in [-0.3, -0.25) is 4.79 Å². The molecular formula is C10H16N2O3. The predicted molar refractivity (Wildman–Crippen MR) is 53.6 cm³/mol. The SMILES string of the molecule is O=C(O)N1CC2(CCCCC2)NCC1=O. The van der Waals surface area contributed by atoms with Gasteiger partial charge in [-0.1, -0.05) is 19.3 Å². The third-order valence-corrected chi connectivity index (χ3v) is 3.42. The molecule has 2 N–H and O–H groups in total. The van der Waals surface area contributed by atoms with Crippen molar-refractivity contribution in [2.45, 2.75) is 37.6 Å². The maximum Gasteiger partial charge on any atom is 0.414 e. The maximum absolute atomic E-state index is 11.3. The van der Waals surface area contributed by atoms with Gasteiger partial charge in [0.05, 0.1) is 13.1 Å². The summed E-state index contributed by atoms with van der Waals surface area (Å²) < 4.78 is 0. The molecule has 2 aliphatic rings. The molecule has 0 bridgehead atoms. The number of carboxylic acid groups (broad SMARTS) is 1. The highest BCUT2D eigenvalue weighted by molar-refractivity contribution is 5.93. The molecule has 0 aromatic heterocycles. The minimum atomic E-state index is -1.12. The summed E-state index contributed by atoms with van der Waals surface area (Å²) in [6, 6.07) is 0. The minimum Gasteiger partial charge on any atom is -0.465 e. The van der Waals surface area contributed by atoms with Crippen LogP contribution >= 0.6 is 0 Å². The standard InChI is InChI=1S/C10H16N2O3/c13-8-6-11-10(4-2-1-3-5-10)7-12(8)9(14)15/h11H,1-7H2,(H,14,15). The predicted octanol–water partition coefficient (Wildman–Crippen LogP) is 0.799. The minimum absolute atomic E-state index is 0.134. The van der Waals surface area contributed by atoms with E-state index in [2.05, 4.69) is 5.32 Å². The first kappa shape index (κ1) is 10.4. The smallest absolute Gasteiger partial charge is 0.414 e. The van der Waals surface area contributed by atoms with Gasteiger partial charge in [0.2, 0.25) is 5.91 Å². The monoisotopic (exact) mass is 212 g/mol. The van der Waals surface area contributed by atoms with Crippen molar-refractivity contribution in [3.63, 3.8) is 0 Å². The van der Waals surface area contributed by atoms with Crippen molar-refractivity contribution >= 4 is 12.0 Å². The van der Waals surface area contributed by atoms with Gasteiger partial charge >= 0.3 is 6.09 Å². The molecule has 0 aromatic rings. The molecule has 0 atom stereocenters. The molecule has 0 unspecified atom stereocenters. The van der Waals surface area contributed by atoms with Gasteiger partial charge in [-0.05, 0) is 12.8 Å². The molecule has 1 saturated carbocycles. The van der Waals surface area contributed by atoms with Crippen LogP contribution in [-0.2, 0) is 4.79 Å². The number of carbonyl (C=O) groups is 2. The summed E-state index contributed by atoms with van der Waals surface area (Å²) >= 11 is 0. The zero-order valence-electron chi connectivity index (χ0n) is 8.66. The van der Waals surface area contributed by atoms with Crippen LogP contribution in [0.25, 0.3) is 0 Å². The first-order chi connectivity index (χ1) is 7.13. The lowest BCUT2D eigenvalue weighted by atomic mass is 9.80. The molecule has 2 amide bonds. The third kappa shape index (κ3) is 1.97. The van der Waals surface area contributed by atoms with Crippen molar-refractivity contribution in [2.24, 2.45) is 0 Å². The van der Waals surface area contributed by atoms with Crippen molar-refractivity contribution in [1.29, 1.82) is 0 Å². The van der Waals surface area contributed by atoms with E-state index in [1.807, 2.05) is 0 Å². The number of nitrogens with one attached hydrogen (secondary N) is 1. The van der Waals surface area contributed by atoms with Gasteiger partial charge in [-0.15, -0.1) is 0 Å². The number of nitrogens with zero attached hydrogens (tertiary/aromatic N) is 1. The van der Waals surface area contributed by atoms with E-state index < -0.39 is 6.09 Å². The summed E-state index contributed by atoms with van der Waals surface area (Å²) in [6.07, 6.45) is 4.29. The van der Waals surface area contributed by atoms with E-state index in [4.69, 9.17) is 5.11 Å². The highest BCUT2D eigenvalue weighted by Gasteiger charge is 2.41. The van der Waals surface area contributed by atoms with Crippen LogP contribution in [0.4, 0.5) is 4.79 Å². The number of amides is 2. The summed E-state index contributed by atoms with van der Waals surface area (Å²) in [5.41, 5.74) is -0.134. The molecule has 5 nitrogen and oxygen atoms in total. The van der Waals surface area contributed by atoms with Gasteiger partial charge in [0, 0.05) is 5.54 Å². The van der Waals surface area contributed by atoms with Gasteiger partial charge in [0.15, 0.2) is 0 Å². The summed E-state index contributed by atoms with van der Waals surface area (Å²) in [6.45, 7) is 0.480. The van der Waals surface area contributed by atoms with E-state index in [0.29, 0.717) is 6.54 Å². The molecule has 2 rings (SSSR count). The zero-order chi connectivity index (χ0) is 10.9. The molecule has 5 heteroatoms. The largest absolute Gasteiger partial charge is 0.465 e. The number of rotatable bonds is 0. The first-order valence-corrected chi connectivity index (χ1v) is 5.41. The molecular weight excluding hydrogens is 196 g/mol. The van der Waals surface area contributed by atoms with E-state index in [9.17, 15) is 9.59 Å². The molecule has 2 fully saturated rings. The normalized spacial score (nSPS) is 25.6. The lowest BCUT2D eigenvalue weighted by molar-refractivity contribution is -0.132. The molecule has 1 saturated heterocycles. The zero-order valence-corrected chi connectivity index (χ0v) is 8.66. The molecule has 1 spiro atoms. The fourth-order valence-electron chi connectivity index (χ4n) is 2.54. The van der Waals surface area contributed by atoms with E-state index >= 15 is 0 Å². The van der Waals surface area contributed by atoms with Crippen LogP contribution in [0.15, 0.2) is 0 Å². The quantitative estimate of drug-likeness (QED) is 0.623. The molecule has 84 valence electrons. The Morgan fingerprint density at radius 3 is 2.60 bits per heavy atom.